The van der Waals surface area contributed by atoms with E-state index in [1.165, 1.54) is 0 Å². The highest BCUT2D eigenvalue weighted by Gasteiger charge is 2.12. The minimum atomic E-state index is -0.203. The molecule has 0 heterocycles. The summed E-state index contributed by atoms with van der Waals surface area (Å²) in [6.45, 7) is 3.06. The third-order valence-corrected chi connectivity index (χ3v) is 4.62. The van der Waals surface area contributed by atoms with Crippen LogP contribution >= 0.6 is 23.4 Å². The van der Waals surface area contributed by atoms with E-state index in [9.17, 15) is 4.79 Å². The molecule has 0 aliphatic rings. The van der Waals surface area contributed by atoms with Gasteiger partial charge in [-0.2, -0.15) is 0 Å². The predicted molar refractivity (Wildman–Crippen MR) is 103 cm³/mol. The van der Waals surface area contributed by atoms with Crippen molar-refractivity contribution in [3.05, 3.63) is 52.5 Å². The van der Waals surface area contributed by atoms with E-state index >= 15 is 0 Å². The average Bonchev–Trinajstić information content (AvgIpc) is 2.65. The summed E-state index contributed by atoms with van der Waals surface area (Å²) in [4.78, 5) is 13.4. The summed E-state index contributed by atoms with van der Waals surface area (Å²) in [6, 6.07) is 11.1. The van der Waals surface area contributed by atoms with E-state index in [2.05, 4.69) is 5.32 Å². The zero-order valence-corrected chi connectivity index (χ0v) is 16.2. The fourth-order valence-corrected chi connectivity index (χ4v) is 2.88. The fourth-order valence-electron chi connectivity index (χ4n) is 2.24. The van der Waals surface area contributed by atoms with Crippen LogP contribution in [0.15, 0.2) is 41.3 Å². The minimum Gasteiger partial charge on any atom is -0.493 e. The molecule has 2 aromatic rings. The van der Waals surface area contributed by atoms with Crippen LogP contribution in [0, 0.1) is 0 Å². The molecule has 0 aromatic heterocycles. The van der Waals surface area contributed by atoms with Crippen LogP contribution < -0.4 is 14.8 Å². The zero-order chi connectivity index (χ0) is 18.2. The molecule has 0 aliphatic carbocycles. The molecule has 4 nitrogen and oxygen atoms in total. The summed E-state index contributed by atoms with van der Waals surface area (Å²) in [5.74, 6) is 1.16. The van der Waals surface area contributed by atoms with Crippen LogP contribution in [0.2, 0.25) is 5.02 Å². The van der Waals surface area contributed by atoms with Crippen molar-refractivity contribution >= 4 is 29.3 Å². The van der Waals surface area contributed by atoms with Crippen molar-refractivity contribution in [1.82, 2.24) is 5.32 Å². The van der Waals surface area contributed by atoms with E-state index in [4.69, 9.17) is 21.1 Å². The second-order valence-electron chi connectivity index (χ2n) is 5.36. The number of thioether (sulfide) groups is 1. The number of hydrogen-bond acceptors (Lipinski definition) is 4. The molecule has 0 bridgehead atoms. The smallest absolute Gasteiger partial charge is 0.253 e. The number of carbonyl (C=O) groups is 1. The number of methoxy groups -OCH3 is 1. The first-order chi connectivity index (χ1) is 12.1. The Morgan fingerprint density at radius 3 is 2.68 bits per heavy atom. The molecule has 2 aromatic carbocycles. The van der Waals surface area contributed by atoms with Crippen LogP contribution in [0.3, 0.4) is 0 Å². The Morgan fingerprint density at radius 2 is 2.00 bits per heavy atom. The normalized spacial score (nSPS) is 10.4. The van der Waals surface area contributed by atoms with Crippen molar-refractivity contribution in [2.24, 2.45) is 0 Å². The summed E-state index contributed by atoms with van der Waals surface area (Å²) in [5, 5.41) is 3.33. The molecule has 0 saturated carbocycles. The molecule has 0 unspecified atom stereocenters. The third-order valence-electron chi connectivity index (χ3n) is 3.56. The van der Waals surface area contributed by atoms with Crippen LogP contribution in [0.5, 0.6) is 11.5 Å². The molecule has 25 heavy (non-hydrogen) atoms. The minimum absolute atomic E-state index is 0.203. The maximum absolute atomic E-state index is 12.4. The molecule has 0 aliphatic heterocycles. The van der Waals surface area contributed by atoms with E-state index in [-0.39, 0.29) is 5.91 Å². The van der Waals surface area contributed by atoms with Crippen molar-refractivity contribution in [2.45, 2.75) is 24.8 Å². The highest BCUT2D eigenvalue weighted by atomic mass is 35.5. The molecule has 0 saturated heterocycles. The number of halogens is 1. The number of ether oxygens (including phenoxy) is 2. The van der Waals surface area contributed by atoms with Gasteiger partial charge in [0.15, 0.2) is 11.5 Å². The van der Waals surface area contributed by atoms with Crippen molar-refractivity contribution in [3.63, 3.8) is 0 Å². The largest absolute Gasteiger partial charge is 0.493 e. The summed E-state index contributed by atoms with van der Waals surface area (Å²) in [7, 11) is 1.60. The number of nitrogens with one attached hydrogen (secondary N) is 1. The monoisotopic (exact) mass is 379 g/mol. The van der Waals surface area contributed by atoms with Gasteiger partial charge in [0, 0.05) is 11.4 Å². The number of carbonyl (C=O) groups excluding carboxylic acids is 1. The van der Waals surface area contributed by atoms with Gasteiger partial charge in [-0.3, -0.25) is 4.79 Å². The number of hydrogen-bond donors (Lipinski definition) is 1. The zero-order valence-electron chi connectivity index (χ0n) is 14.6. The Morgan fingerprint density at radius 1 is 1.20 bits per heavy atom. The van der Waals surface area contributed by atoms with Crippen molar-refractivity contribution < 1.29 is 14.3 Å². The molecular weight excluding hydrogens is 358 g/mol. The van der Waals surface area contributed by atoms with Crippen molar-refractivity contribution in [2.75, 3.05) is 20.0 Å². The first kappa shape index (κ1) is 19.5. The maximum atomic E-state index is 12.4. The van der Waals surface area contributed by atoms with E-state index in [1.807, 2.05) is 37.4 Å². The molecule has 0 fully saturated rings. The molecule has 134 valence electrons. The average molecular weight is 380 g/mol. The first-order valence-electron chi connectivity index (χ1n) is 8.00. The number of rotatable bonds is 8. The lowest BCUT2D eigenvalue weighted by Gasteiger charge is -2.12. The Hall–Kier alpha value is -1.85. The molecule has 1 N–H and O–H groups in total. The van der Waals surface area contributed by atoms with Crippen LogP contribution in [-0.2, 0) is 6.54 Å². The highest BCUT2D eigenvalue weighted by molar-refractivity contribution is 7.98. The van der Waals surface area contributed by atoms with Crippen LogP contribution in [0.4, 0.5) is 0 Å². The molecular formula is C19H22ClNO3S. The molecule has 0 atom stereocenters. The third kappa shape index (κ3) is 5.31. The second-order valence-corrected chi connectivity index (χ2v) is 6.65. The van der Waals surface area contributed by atoms with E-state index < -0.39 is 0 Å². The van der Waals surface area contributed by atoms with Crippen LogP contribution in [0.1, 0.15) is 29.3 Å². The van der Waals surface area contributed by atoms with Gasteiger partial charge in [0.05, 0.1) is 24.3 Å². The van der Waals surface area contributed by atoms with Gasteiger partial charge in [-0.1, -0.05) is 24.6 Å². The van der Waals surface area contributed by atoms with E-state index in [0.29, 0.717) is 35.2 Å². The second kappa shape index (κ2) is 9.59. The number of amides is 1. The van der Waals surface area contributed by atoms with E-state index in [0.717, 1.165) is 16.9 Å². The summed E-state index contributed by atoms with van der Waals surface area (Å²) in [5.41, 5.74) is 1.40. The van der Waals surface area contributed by atoms with Gasteiger partial charge < -0.3 is 14.8 Å². The summed E-state index contributed by atoms with van der Waals surface area (Å²) < 4.78 is 11.0. The first-order valence-corrected chi connectivity index (χ1v) is 9.60. The molecule has 0 radical (unpaired) electrons. The van der Waals surface area contributed by atoms with Gasteiger partial charge in [-0.25, -0.2) is 0 Å². The van der Waals surface area contributed by atoms with Gasteiger partial charge in [0.25, 0.3) is 5.91 Å². The summed E-state index contributed by atoms with van der Waals surface area (Å²) >= 11 is 7.71. The Balaban J connectivity index is 2.06. The summed E-state index contributed by atoms with van der Waals surface area (Å²) in [6.07, 6.45) is 2.89. The van der Waals surface area contributed by atoms with Gasteiger partial charge in [0.2, 0.25) is 0 Å². The molecule has 2 rings (SSSR count). The van der Waals surface area contributed by atoms with Crippen molar-refractivity contribution in [1.29, 1.82) is 0 Å². The van der Waals surface area contributed by atoms with Crippen molar-refractivity contribution in [3.8, 4) is 11.5 Å². The molecule has 1 amide bonds. The van der Waals surface area contributed by atoms with Gasteiger partial charge in [-0.05, 0) is 48.6 Å². The van der Waals surface area contributed by atoms with Crippen LogP contribution in [0.25, 0.3) is 0 Å². The fraction of sp³-hybridized carbons (Fsp3) is 0.316. The molecule has 0 spiro atoms. The van der Waals surface area contributed by atoms with Gasteiger partial charge in [0.1, 0.15) is 0 Å². The maximum Gasteiger partial charge on any atom is 0.253 e. The SMILES string of the molecule is CCCOc1ccc(CNC(=O)c2cc(SC)ccc2Cl)cc1OC. The molecule has 6 heteroatoms. The Labute approximate surface area is 157 Å². The van der Waals surface area contributed by atoms with E-state index in [1.54, 1.807) is 31.0 Å². The lowest BCUT2D eigenvalue weighted by atomic mass is 10.1. The Kier molecular flexibility index (Phi) is 7.47. The predicted octanol–water partition coefficient (Wildman–Crippen LogP) is 4.79. The van der Waals surface area contributed by atoms with Gasteiger partial charge in [-0.15, -0.1) is 11.8 Å². The lowest BCUT2D eigenvalue weighted by molar-refractivity contribution is 0.0951. The quantitative estimate of drug-likeness (QED) is 0.670. The van der Waals surface area contributed by atoms with Gasteiger partial charge >= 0.3 is 0 Å². The Bertz CT molecular complexity index is 737. The topological polar surface area (TPSA) is 47.6 Å². The van der Waals surface area contributed by atoms with Crippen LogP contribution in [-0.4, -0.2) is 25.9 Å². The standard InChI is InChI=1S/C19H22ClNO3S/c1-4-9-24-17-8-5-13(10-18(17)23-2)12-21-19(22)15-11-14(25-3)6-7-16(15)20/h5-8,10-11H,4,9,12H2,1-3H3,(H,21,22). The number of benzene rings is 2. The lowest BCUT2D eigenvalue weighted by Crippen LogP contribution is -2.23. The highest BCUT2D eigenvalue weighted by Crippen LogP contribution is 2.28.